The SMILES string of the molecule is CCCn1c(CBr)nnc1C1CCC(C)O1. The second kappa shape index (κ2) is 5.27. The van der Waals surface area contributed by atoms with Crippen LogP contribution in [0.1, 0.15) is 50.9 Å². The van der Waals surface area contributed by atoms with Crippen LogP contribution in [0.2, 0.25) is 0 Å². The summed E-state index contributed by atoms with van der Waals surface area (Å²) in [7, 11) is 0. The number of rotatable bonds is 4. The monoisotopic (exact) mass is 287 g/mol. The van der Waals surface area contributed by atoms with Crippen molar-refractivity contribution in [3.63, 3.8) is 0 Å². The molecule has 2 atom stereocenters. The number of hydrogen-bond donors (Lipinski definition) is 0. The molecule has 4 nitrogen and oxygen atoms in total. The predicted octanol–water partition coefficient (Wildman–Crippen LogP) is 2.82. The third-order valence-electron chi connectivity index (χ3n) is 2.94. The highest BCUT2D eigenvalue weighted by Gasteiger charge is 2.28. The Kier molecular flexibility index (Phi) is 3.97. The number of hydrogen-bond acceptors (Lipinski definition) is 3. The van der Waals surface area contributed by atoms with Crippen molar-refractivity contribution in [2.75, 3.05) is 0 Å². The minimum Gasteiger partial charge on any atom is -0.367 e. The number of ether oxygens (including phenoxy) is 1. The molecule has 2 rings (SSSR count). The van der Waals surface area contributed by atoms with E-state index in [9.17, 15) is 0 Å². The van der Waals surface area contributed by atoms with E-state index in [1.807, 2.05) is 0 Å². The Morgan fingerprint density at radius 2 is 2.25 bits per heavy atom. The molecule has 0 amide bonds. The van der Waals surface area contributed by atoms with Gasteiger partial charge in [0.1, 0.15) is 11.9 Å². The topological polar surface area (TPSA) is 39.9 Å². The standard InChI is InChI=1S/C11H18BrN3O/c1-3-6-15-10(7-12)13-14-11(15)9-5-4-8(2)16-9/h8-9H,3-7H2,1-2H3. The lowest BCUT2D eigenvalue weighted by Gasteiger charge is -2.13. The Labute approximate surface area is 105 Å². The average Bonchev–Trinajstić information content (AvgIpc) is 2.85. The van der Waals surface area contributed by atoms with E-state index in [4.69, 9.17) is 4.74 Å². The van der Waals surface area contributed by atoms with Crippen LogP contribution in [-0.2, 0) is 16.6 Å². The quantitative estimate of drug-likeness (QED) is 0.800. The van der Waals surface area contributed by atoms with E-state index in [0.717, 1.165) is 42.8 Å². The lowest BCUT2D eigenvalue weighted by molar-refractivity contribution is 0.0478. The van der Waals surface area contributed by atoms with E-state index >= 15 is 0 Å². The summed E-state index contributed by atoms with van der Waals surface area (Å²) >= 11 is 3.45. The van der Waals surface area contributed by atoms with E-state index in [1.54, 1.807) is 0 Å². The fourth-order valence-electron chi connectivity index (χ4n) is 2.15. The summed E-state index contributed by atoms with van der Waals surface area (Å²) in [5, 5.41) is 9.24. The first-order valence-electron chi connectivity index (χ1n) is 5.89. The van der Waals surface area contributed by atoms with Gasteiger partial charge in [0.2, 0.25) is 0 Å². The molecule has 5 heteroatoms. The molecule has 0 radical (unpaired) electrons. The summed E-state index contributed by atoms with van der Waals surface area (Å²) < 4.78 is 8.05. The molecule has 1 fully saturated rings. The summed E-state index contributed by atoms with van der Waals surface area (Å²) in [5.41, 5.74) is 0. The first-order valence-corrected chi connectivity index (χ1v) is 7.01. The summed E-state index contributed by atoms with van der Waals surface area (Å²) in [5.74, 6) is 2.00. The van der Waals surface area contributed by atoms with Crippen molar-refractivity contribution in [1.29, 1.82) is 0 Å². The lowest BCUT2D eigenvalue weighted by Crippen LogP contribution is -2.11. The summed E-state index contributed by atoms with van der Waals surface area (Å²) in [4.78, 5) is 0. The van der Waals surface area contributed by atoms with Crippen LogP contribution in [0.25, 0.3) is 0 Å². The van der Waals surface area contributed by atoms with Gasteiger partial charge in [-0.3, -0.25) is 0 Å². The second-order valence-electron chi connectivity index (χ2n) is 4.27. The van der Waals surface area contributed by atoms with Crippen LogP contribution in [0.15, 0.2) is 0 Å². The van der Waals surface area contributed by atoms with Crippen molar-refractivity contribution in [2.45, 2.75) is 57.2 Å². The molecule has 0 bridgehead atoms. The average molecular weight is 288 g/mol. The third-order valence-corrected chi connectivity index (χ3v) is 3.44. The molecule has 2 unspecified atom stereocenters. The van der Waals surface area contributed by atoms with E-state index in [1.165, 1.54) is 0 Å². The zero-order chi connectivity index (χ0) is 11.5. The third kappa shape index (κ3) is 2.30. The number of aromatic nitrogens is 3. The van der Waals surface area contributed by atoms with Crippen LogP contribution < -0.4 is 0 Å². The van der Waals surface area contributed by atoms with Gasteiger partial charge in [-0.2, -0.15) is 0 Å². The molecular formula is C11H18BrN3O. The molecule has 2 heterocycles. The van der Waals surface area contributed by atoms with Gasteiger partial charge in [0.25, 0.3) is 0 Å². The van der Waals surface area contributed by atoms with Crippen LogP contribution in [0.3, 0.4) is 0 Å². The zero-order valence-electron chi connectivity index (χ0n) is 9.82. The molecule has 0 spiro atoms. The van der Waals surface area contributed by atoms with Crippen LogP contribution in [-0.4, -0.2) is 20.9 Å². The second-order valence-corrected chi connectivity index (χ2v) is 4.83. The Morgan fingerprint density at radius 3 is 2.81 bits per heavy atom. The Bertz CT molecular complexity index is 353. The highest BCUT2D eigenvalue weighted by molar-refractivity contribution is 9.08. The molecule has 1 aliphatic heterocycles. The molecular weight excluding hydrogens is 270 g/mol. The largest absolute Gasteiger partial charge is 0.367 e. The van der Waals surface area contributed by atoms with Gasteiger partial charge in [-0.25, -0.2) is 0 Å². The van der Waals surface area contributed by atoms with Crippen LogP contribution in [0, 0.1) is 0 Å². The van der Waals surface area contributed by atoms with Crippen molar-refractivity contribution in [3.05, 3.63) is 11.6 Å². The van der Waals surface area contributed by atoms with Crippen molar-refractivity contribution in [1.82, 2.24) is 14.8 Å². The summed E-state index contributed by atoms with van der Waals surface area (Å²) in [6.45, 7) is 5.25. The minimum atomic E-state index is 0.141. The fourth-order valence-corrected chi connectivity index (χ4v) is 2.56. The fraction of sp³-hybridized carbons (Fsp3) is 0.818. The van der Waals surface area contributed by atoms with E-state index in [-0.39, 0.29) is 6.10 Å². The van der Waals surface area contributed by atoms with Gasteiger partial charge >= 0.3 is 0 Å². The maximum absolute atomic E-state index is 5.85. The molecule has 0 saturated carbocycles. The van der Waals surface area contributed by atoms with Crippen LogP contribution in [0.4, 0.5) is 0 Å². The van der Waals surface area contributed by atoms with Crippen molar-refractivity contribution in [3.8, 4) is 0 Å². The van der Waals surface area contributed by atoms with Crippen molar-refractivity contribution >= 4 is 15.9 Å². The highest BCUT2D eigenvalue weighted by Crippen LogP contribution is 2.31. The summed E-state index contributed by atoms with van der Waals surface area (Å²) in [6.07, 6.45) is 3.76. The normalized spacial score (nSPS) is 25.2. The van der Waals surface area contributed by atoms with Gasteiger partial charge in [-0.05, 0) is 26.2 Å². The molecule has 0 N–H and O–H groups in total. The van der Waals surface area contributed by atoms with Crippen LogP contribution in [0.5, 0.6) is 0 Å². The van der Waals surface area contributed by atoms with Gasteiger partial charge in [-0.1, -0.05) is 22.9 Å². The summed E-state index contributed by atoms with van der Waals surface area (Å²) in [6, 6.07) is 0. The lowest BCUT2D eigenvalue weighted by atomic mass is 10.2. The van der Waals surface area contributed by atoms with Crippen molar-refractivity contribution in [2.24, 2.45) is 0 Å². The maximum atomic E-state index is 5.85. The number of nitrogens with zero attached hydrogens (tertiary/aromatic N) is 3. The molecule has 0 aromatic carbocycles. The first kappa shape index (κ1) is 12.0. The van der Waals surface area contributed by atoms with E-state index < -0.39 is 0 Å². The van der Waals surface area contributed by atoms with E-state index in [2.05, 4.69) is 44.5 Å². The minimum absolute atomic E-state index is 0.141. The van der Waals surface area contributed by atoms with Gasteiger partial charge in [0.05, 0.1) is 11.4 Å². The molecule has 1 aliphatic rings. The Morgan fingerprint density at radius 1 is 1.44 bits per heavy atom. The van der Waals surface area contributed by atoms with Gasteiger partial charge in [0.15, 0.2) is 5.82 Å². The molecule has 1 saturated heterocycles. The van der Waals surface area contributed by atoms with E-state index in [0.29, 0.717) is 6.10 Å². The zero-order valence-corrected chi connectivity index (χ0v) is 11.4. The molecule has 0 aliphatic carbocycles. The smallest absolute Gasteiger partial charge is 0.162 e. The van der Waals surface area contributed by atoms with Gasteiger partial charge in [-0.15, -0.1) is 10.2 Å². The molecule has 90 valence electrons. The van der Waals surface area contributed by atoms with Gasteiger partial charge in [0, 0.05) is 6.54 Å². The maximum Gasteiger partial charge on any atom is 0.162 e. The van der Waals surface area contributed by atoms with Crippen molar-refractivity contribution < 1.29 is 4.74 Å². The number of halogens is 1. The molecule has 16 heavy (non-hydrogen) atoms. The number of alkyl halides is 1. The Hall–Kier alpha value is -0.420. The molecule has 1 aromatic rings. The first-order chi connectivity index (χ1) is 7.76. The van der Waals surface area contributed by atoms with Gasteiger partial charge < -0.3 is 9.30 Å². The molecule has 1 aromatic heterocycles. The Balaban J connectivity index is 2.22. The van der Waals surface area contributed by atoms with Crippen LogP contribution >= 0.6 is 15.9 Å². The predicted molar refractivity (Wildman–Crippen MR) is 65.5 cm³/mol. The highest BCUT2D eigenvalue weighted by atomic mass is 79.9.